The van der Waals surface area contributed by atoms with Crippen LogP contribution in [0.5, 0.6) is 0 Å². The lowest BCUT2D eigenvalue weighted by atomic mass is 9.67. The van der Waals surface area contributed by atoms with Crippen LogP contribution in [0.2, 0.25) is 0 Å². The highest BCUT2D eigenvalue weighted by molar-refractivity contribution is 6.24. The average Bonchev–Trinajstić information content (AvgIpc) is 3.73. The first-order chi connectivity index (χ1) is 33.8. The molecule has 0 amide bonds. The summed E-state index contributed by atoms with van der Waals surface area (Å²) in [7, 11) is 0. The summed E-state index contributed by atoms with van der Waals surface area (Å²) < 4.78 is 0. The molecule has 318 valence electrons. The molecule has 0 aromatic heterocycles. The minimum absolute atomic E-state index is 0.515. The van der Waals surface area contributed by atoms with Crippen molar-refractivity contribution in [3.05, 3.63) is 295 Å². The Balaban J connectivity index is 1.13. The van der Waals surface area contributed by atoms with Gasteiger partial charge in [-0.05, 0) is 112 Å². The van der Waals surface area contributed by atoms with Gasteiger partial charge < -0.3 is 4.90 Å². The van der Waals surface area contributed by atoms with E-state index in [1.54, 1.807) is 0 Å². The van der Waals surface area contributed by atoms with Crippen LogP contribution in [0.15, 0.2) is 273 Å². The zero-order chi connectivity index (χ0) is 45.0. The summed E-state index contributed by atoms with van der Waals surface area (Å²) in [5.41, 5.74) is 17.6. The predicted molar refractivity (Wildman–Crippen MR) is 287 cm³/mol. The van der Waals surface area contributed by atoms with Crippen LogP contribution < -0.4 is 4.90 Å². The van der Waals surface area contributed by atoms with Crippen LogP contribution in [-0.2, 0) is 5.41 Å². The van der Waals surface area contributed by atoms with E-state index in [0.717, 1.165) is 17.1 Å². The van der Waals surface area contributed by atoms with E-state index < -0.39 is 5.41 Å². The quantitative estimate of drug-likeness (QED) is 0.138. The summed E-state index contributed by atoms with van der Waals surface area (Å²) in [5, 5.41) is 7.29. The fourth-order valence-electron chi connectivity index (χ4n) is 11.4. The molecule has 0 heterocycles. The standard InChI is InChI=1S/C67H45N/c1-4-21-46(22-5-1)54-44-43-52(45-62(54)48-23-6-2-7-24-48)68(66-61-35-15-13-31-56(61)55-30-12-14-34-60(55)65(66)59-36-20-26-47-25-10-11-29-53(47)59)51-41-39-50(40-42-51)67(49-27-8-3-9-28-49)63-37-18-16-32-57(63)58-33-17-19-38-64(58)67/h1-45H. The van der Waals surface area contributed by atoms with Crippen LogP contribution in [0.1, 0.15) is 22.3 Å². The minimum atomic E-state index is -0.515. The van der Waals surface area contributed by atoms with Crippen LogP contribution in [0.25, 0.3) is 76.8 Å². The molecular weight excluding hydrogens is 819 g/mol. The van der Waals surface area contributed by atoms with Gasteiger partial charge in [-0.25, -0.2) is 0 Å². The number of anilines is 3. The van der Waals surface area contributed by atoms with Crippen LogP contribution in [0.3, 0.4) is 0 Å². The summed E-state index contributed by atoms with van der Waals surface area (Å²) in [6.07, 6.45) is 0. The molecule has 0 spiro atoms. The molecule has 12 aromatic rings. The van der Waals surface area contributed by atoms with Gasteiger partial charge in [0.25, 0.3) is 0 Å². The first kappa shape index (κ1) is 39.6. The Labute approximate surface area is 397 Å². The van der Waals surface area contributed by atoms with Gasteiger partial charge >= 0.3 is 0 Å². The van der Waals surface area contributed by atoms with Crippen molar-refractivity contribution in [3.8, 4) is 44.5 Å². The van der Waals surface area contributed by atoms with E-state index in [-0.39, 0.29) is 0 Å². The number of hydrogen-bond acceptors (Lipinski definition) is 1. The zero-order valence-corrected chi connectivity index (χ0v) is 37.4. The number of hydrogen-bond donors (Lipinski definition) is 0. The highest BCUT2D eigenvalue weighted by Gasteiger charge is 2.46. The van der Waals surface area contributed by atoms with Gasteiger partial charge in [0, 0.05) is 22.3 Å². The van der Waals surface area contributed by atoms with Gasteiger partial charge in [-0.2, -0.15) is 0 Å². The van der Waals surface area contributed by atoms with Gasteiger partial charge in [0.2, 0.25) is 0 Å². The number of nitrogens with zero attached hydrogens (tertiary/aromatic N) is 1. The maximum absolute atomic E-state index is 2.54. The first-order valence-corrected chi connectivity index (χ1v) is 23.6. The van der Waals surface area contributed by atoms with E-state index in [1.165, 1.54) is 99.1 Å². The fraction of sp³-hybridized carbons (Fsp3) is 0.0149. The van der Waals surface area contributed by atoms with Crippen LogP contribution >= 0.6 is 0 Å². The Bertz CT molecular complexity index is 3780. The van der Waals surface area contributed by atoms with Crippen LogP contribution in [0.4, 0.5) is 17.1 Å². The largest absolute Gasteiger partial charge is 0.309 e. The molecule has 13 rings (SSSR count). The van der Waals surface area contributed by atoms with Crippen molar-refractivity contribution < 1.29 is 0 Å². The van der Waals surface area contributed by atoms with E-state index in [1.807, 2.05) is 0 Å². The zero-order valence-electron chi connectivity index (χ0n) is 37.4. The molecule has 1 nitrogen and oxygen atoms in total. The number of fused-ring (bicyclic) bond motifs is 7. The molecule has 0 aliphatic heterocycles. The molecule has 68 heavy (non-hydrogen) atoms. The second kappa shape index (κ2) is 16.3. The third-order valence-electron chi connectivity index (χ3n) is 14.3. The molecule has 0 radical (unpaired) electrons. The molecule has 0 saturated heterocycles. The first-order valence-electron chi connectivity index (χ1n) is 23.6. The predicted octanol–water partition coefficient (Wildman–Crippen LogP) is 18.0. The molecule has 1 heteroatoms. The maximum atomic E-state index is 2.54. The Morgan fingerprint density at radius 2 is 0.721 bits per heavy atom. The third-order valence-corrected chi connectivity index (χ3v) is 14.3. The van der Waals surface area contributed by atoms with Crippen molar-refractivity contribution in [1.82, 2.24) is 0 Å². The normalized spacial score (nSPS) is 12.5. The van der Waals surface area contributed by atoms with Crippen LogP contribution in [-0.4, -0.2) is 0 Å². The summed E-state index contributed by atoms with van der Waals surface area (Å²) >= 11 is 0. The van der Waals surface area contributed by atoms with Crippen molar-refractivity contribution in [3.63, 3.8) is 0 Å². The summed E-state index contributed by atoms with van der Waals surface area (Å²) in [5.74, 6) is 0. The van der Waals surface area contributed by atoms with Gasteiger partial charge in [-0.3, -0.25) is 0 Å². The van der Waals surface area contributed by atoms with Gasteiger partial charge in [0.1, 0.15) is 0 Å². The molecule has 0 saturated carbocycles. The lowest BCUT2D eigenvalue weighted by molar-refractivity contribution is 0.768. The van der Waals surface area contributed by atoms with Gasteiger partial charge in [0.15, 0.2) is 0 Å². The van der Waals surface area contributed by atoms with Gasteiger partial charge in [0.05, 0.1) is 11.1 Å². The van der Waals surface area contributed by atoms with Gasteiger partial charge in [-0.15, -0.1) is 0 Å². The number of benzene rings is 12. The monoisotopic (exact) mass is 863 g/mol. The van der Waals surface area contributed by atoms with E-state index in [0.29, 0.717) is 0 Å². The Morgan fingerprint density at radius 3 is 1.38 bits per heavy atom. The molecule has 0 bridgehead atoms. The van der Waals surface area contributed by atoms with Crippen molar-refractivity contribution in [2.75, 3.05) is 4.90 Å². The highest BCUT2D eigenvalue weighted by atomic mass is 15.1. The van der Waals surface area contributed by atoms with Crippen LogP contribution in [0, 0.1) is 0 Å². The Hall–Kier alpha value is -8.78. The molecule has 0 fully saturated rings. The maximum Gasteiger partial charge on any atom is 0.0713 e. The number of rotatable bonds is 8. The average molecular weight is 864 g/mol. The van der Waals surface area contributed by atoms with E-state index in [4.69, 9.17) is 0 Å². The van der Waals surface area contributed by atoms with Crippen molar-refractivity contribution in [1.29, 1.82) is 0 Å². The van der Waals surface area contributed by atoms with Gasteiger partial charge in [-0.1, -0.05) is 249 Å². The van der Waals surface area contributed by atoms with Crippen molar-refractivity contribution in [2.45, 2.75) is 5.41 Å². The summed E-state index contributed by atoms with van der Waals surface area (Å²) in [4.78, 5) is 2.54. The fourth-order valence-corrected chi connectivity index (χ4v) is 11.4. The molecule has 12 aromatic carbocycles. The third kappa shape index (κ3) is 6.17. The molecule has 0 unspecified atom stereocenters. The summed E-state index contributed by atoms with van der Waals surface area (Å²) in [6.45, 7) is 0. The van der Waals surface area contributed by atoms with Crippen molar-refractivity contribution >= 4 is 49.4 Å². The Morgan fingerprint density at radius 1 is 0.265 bits per heavy atom. The highest BCUT2D eigenvalue weighted by Crippen LogP contribution is 2.57. The lowest BCUT2D eigenvalue weighted by Crippen LogP contribution is -2.28. The van der Waals surface area contributed by atoms with E-state index in [2.05, 4.69) is 278 Å². The minimum Gasteiger partial charge on any atom is -0.309 e. The molecule has 0 N–H and O–H groups in total. The van der Waals surface area contributed by atoms with Crippen molar-refractivity contribution in [2.24, 2.45) is 0 Å². The van der Waals surface area contributed by atoms with E-state index in [9.17, 15) is 0 Å². The second-order valence-electron chi connectivity index (χ2n) is 17.9. The Kier molecular flexibility index (Phi) is 9.47. The topological polar surface area (TPSA) is 3.24 Å². The molecule has 1 aliphatic rings. The summed E-state index contributed by atoms with van der Waals surface area (Å²) in [6, 6.07) is 101. The molecule has 0 atom stereocenters. The second-order valence-corrected chi connectivity index (χ2v) is 17.9. The molecule has 1 aliphatic carbocycles. The molecular formula is C67H45N. The van der Waals surface area contributed by atoms with E-state index >= 15 is 0 Å². The SMILES string of the molecule is c1ccc(-c2ccc(N(c3ccc(C4(c5ccccc5)c5ccccc5-c5ccccc54)cc3)c3c(-c4cccc5ccccc45)c4ccccc4c4ccccc34)cc2-c2ccccc2)cc1. The lowest BCUT2D eigenvalue weighted by Gasteiger charge is -2.35. The smallest absolute Gasteiger partial charge is 0.0713 e.